The molecular weight excluding hydrogens is 432 g/mol. The fourth-order valence-electron chi connectivity index (χ4n) is 1.33. The molecule has 0 N–H and O–H groups in total. The molecule has 0 saturated heterocycles. The van der Waals surface area contributed by atoms with Gasteiger partial charge >= 0.3 is 0 Å². The molecule has 0 unspecified atom stereocenters. The van der Waals surface area contributed by atoms with Crippen LogP contribution in [0.1, 0.15) is 10.4 Å². The zero-order valence-electron chi connectivity index (χ0n) is 8.75. The Morgan fingerprint density at radius 1 is 1.18 bits per heavy atom. The molecule has 0 amide bonds. The van der Waals surface area contributed by atoms with E-state index in [1.165, 1.54) is 10.4 Å². The standard InChI is InChI=1S/C12H9Br3OS/c13-5-8-3-10(1-2-12(8)15)16-6-11-4-9(14)7-17-11/h1-4,7H,5-6H2. The molecule has 0 saturated carbocycles. The molecule has 1 aromatic carbocycles. The molecule has 0 aliphatic carbocycles. The van der Waals surface area contributed by atoms with Crippen LogP contribution in [0.5, 0.6) is 5.75 Å². The van der Waals surface area contributed by atoms with Crippen molar-refractivity contribution >= 4 is 59.1 Å². The van der Waals surface area contributed by atoms with Crippen LogP contribution in [-0.2, 0) is 11.9 Å². The van der Waals surface area contributed by atoms with Crippen LogP contribution in [0, 0.1) is 0 Å². The highest BCUT2D eigenvalue weighted by atomic mass is 79.9. The van der Waals surface area contributed by atoms with Gasteiger partial charge in [0.15, 0.2) is 0 Å². The minimum Gasteiger partial charge on any atom is -0.488 e. The van der Waals surface area contributed by atoms with Crippen molar-refractivity contribution in [1.82, 2.24) is 0 Å². The molecule has 0 aliphatic heterocycles. The first kappa shape index (κ1) is 13.6. The van der Waals surface area contributed by atoms with Gasteiger partial charge in [0.25, 0.3) is 0 Å². The second-order valence-electron chi connectivity index (χ2n) is 3.41. The summed E-state index contributed by atoms with van der Waals surface area (Å²) in [5, 5.41) is 2.87. The Kier molecular flexibility index (Phi) is 5.09. The molecule has 1 nitrogen and oxygen atoms in total. The van der Waals surface area contributed by atoms with Gasteiger partial charge in [0.05, 0.1) is 0 Å². The van der Waals surface area contributed by atoms with Crippen molar-refractivity contribution in [2.75, 3.05) is 0 Å². The number of halogens is 3. The van der Waals surface area contributed by atoms with Gasteiger partial charge in [-0.25, -0.2) is 0 Å². The predicted molar refractivity (Wildman–Crippen MR) is 83.1 cm³/mol. The summed E-state index contributed by atoms with van der Waals surface area (Å²) in [5.41, 5.74) is 1.19. The molecule has 0 aliphatic rings. The number of alkyl halides is 1. The summed E-state index contributed by atoms with van der Waals surface area (Å²) >= 11 is 12.1. The summed E-state index contributed by atoms with van der Waals surface area (Å²) in [6.45, 7) is 0.611. The third kappa shape index (κ3) is 3.81. The zero-order valence-corrected chi connectivity index (χ0v) is 14.3. The molecule has 0 radical (unpaired) electrons. The molecule has 0 bridgehead atoms. The first-order valence-corrected chi connectivity index (χ1v) is 8.48. The fraction of sp³-hybridized carbons (Fsp3) is 0.167. The Bertz CT molecular complexity index is 510. The second kappa shape index (κ2) is 6.36. The van der Waals surface area contributed by atoms with Crippen LogP contribution in [0.25, 0.3) is 0 Å². The molecule has 0 fully saturated rings. The molecule has 90 valence electrons. The van der Waals surface area contributed by atoms with Crippen LogP contribution in [0.4, 0.5) is 0 Å². The second-order valence-corrected chi connectivity index (χ2v) is 6.73. The summed E-state index contributed by atoms with van der Waals surface area (Å²) in [4.78, 5) is 1.21. The third-order valence-electron chi connectivity index (χ3n) is 2.16. The highest BCUT2D eigenvalue weighted by molar-refractivity contribution is 9.11. The summed E-state index contributed by atoms with van der Waals surface area (Å²) < 4.78 is 7.96. The van der Waals surface area contributed by atoms with Crippen molar-refractivity contribution in [3.8, 4) is 5.75 Å². The van der Waals surface area contributed by atoms with Gasteiger partial charge in [0.1, 0.15) is 12.4 Å². The van der Waals surface area contributed by atoms with Gasteiger partial charge in [-0.1, -0.05) is 31.9 Å². The van der Waals surface area contributed by atoms with Crippen LogP contribution in [-0.4, -0.2) is 0 Å². The maximum Gasteiger partial charge on any atom is 0.122 e. The lowest BCUT2D eigenvalue weighted by molar-refractivity contribution is 0.309. The van der Waals surface area contributed by atoms with Gasteiger partial charge in [0, 0.05) is 24.5 Å². The van der Waals surface area contributed by atoms with Gasteiger partial charge in [-0.3, -0.25) is 0 Å². The van der Waals surface area contributed by atoms with E-state index < -0.39 is 0 Å². The van der Waals surface area contributed by atoms with E-state index in [1.807, 2.05) is 18.2 Å². The Morgan fingerprint density at radius 3 is 2.65 bits per heavy atom. The van der Waals surface area contributed by atoms with Gasteiger partial charge in [-0.15, -0.1) is 11.3 Å². The first-order chi connectivity index (χ1) is 8.19. The van der Waals surface area contributed by atoms with E-state index in [0.717, 1.165) is 20.0 Å². The van der Waals surface area contributed by atoms with Crippen molar-refractivity contribution in [2.24, 2.45) is 0 Å². The minimum atomic E-state index is 0.611. The Labute approximate surface area is 130 Å². The van der Waals surface area contributed by atoms with Crippen LogP contribution in [0.15, 0.2) is 38.6 Å². The smallest absolute Gasteiger partial charge is 0.122 e. The topological polar surface area (TPSA) is 9.23 Å². The molecule has 2 aromatic rings. The lowest BCUT2D eigenvalue weighted by atomic mass is 10.2. The molecule has 5 heteroatoms. The van der Waals surface area contributed by atoms with Crippen molar-refractivity contribution < 1.29 is 4.74 Å². The van der Waals surface area contributed by atoms with Crippen LogP contribution in [0.3, 0.4) is 0 Å². The number of hydrogen-bond donors (Lipinski definition) is 0. The lowest BCUT2D eigenvalue weighted by Gasteiger charge is -2.07. The van der Waals surface area contributed by atoms with E-state index in [2.05, 4.69) is 59.2 Å². The van der Waals surface area contributed by atoms with E-state index in [-0.39, 0.29) is 0 Å². The molecular formula is C12H9Br3OS. The highest BCUT2D eigenvalue weighted by Crippen LogP contribution is 2.26. The average molecular weight is 441 g/mol. The quantitative estimate of drug-likeness (QED) is 0.550. The first-order valence-electron chi connectivity index (χ1n) is 4.89. The summed E-state index contributed by atoms with van der Waals surface area (Å²) in [7, 11) is 0. The van der Waals surface area contributed by atoms with E-state index >= 15 is 0 Å². The van der Waals surface area contributed by atoms with Gasteiger partial charge < -0.3 is 4.74 Å². The third-order valence-corrected chi connectivity index (χ3v) is 5.21. The fourth-order valence-corrected chi connectivity index (χ4v) is 3.92. The molecule has 2 rings (SSSR count). The normalized spacial score (nSPS) is 10.5. The van der Waals surface area contributed by atoms with Crippen LogP contribution in [0.2, 0.25) is 0 Å². The van der Waals surface area contributed by atoms with Gasteiger partial charge in [0.2, 0.25) is 0 Å². The summed E-state index contributed by atoms with van der Waals surface area (Å²) in [6, 6.07) is 8.10. The van der Waals surface area contributed by atoms with Crippen molar-refractivity contribution in [1.29, 1.82) is 0 Å². The molecule has 0 spiro atoms. The van der Waals surface area contributed by atoms with Crippen molar-refractivity contribution in [2.45, 2.75) is 11.9 Å². The van der Waals surface area contributed by atoms with Gasteiger partial charge in [-0.2, -0.15) is 0 Å². The summed E-state index contributed by atoms with van der Waals surface area (Å²) in [6.07, 6.45) is 0. The molecule has 0 atom stereocenters. The number of hydrogen-bond acceptors (Lipinski definition) is 2. The summed E-state index contributed by atoms with van der Waals surface area (Å²) in [5.74, 6) is 0.896. The Balaban J connectivity index is 2.04. The Morgan fingerprint density at radius 2 is 2.00 bits per heavy atom. The molecule has 1 aromatic heterocycles. The minimum absolute atomic E-state index is 0.611. The Hall–Kier alpha value is 0.160. The lowest BCUT2D eigenvalue weighted by Crippen LogP contribution is -1.93. The maximum atomic E-state index is 5.75. The molecule has 17 heavy (non-hydrogen) atoms. The maximum absolute atomic E-state index is 5.75. The number of rotatable bonds is 4. The van der Waals surface area contributed by atoms with Crippen LogP contribution >= 0.6 is 59.1 Å². The highest BCUT2D eigenvalue weighted by Gasteiger charge is 2.03. The van der Waals surface area contributed by atoms with E-state index in [4.69, 9.17) is 4.74 Å². The van der Waals surface area contributed by atoms with Crippen LogP contribution < -0.4 is 4.74 Å². The zero-order chi connectivity index (χ0) is 12.3. The molecule has 1 heterocycles. The van der Waals surface area contributed by atoms with Crippen molar-refractivity contribution in [3.05, 3.63) is 49.0 Å². The SMILES string of the molecule is BrCc1cc(OCc2cc(Br)cs2)ccc1Br. The van der Waals surface area contributed by atoms with Crippen molar-refractivity contribution in [3.63, 3.8) is 0 Å². The monoisotopic (exact) mass is 438 g/mol. The predicted octanol–water partition coefficient (Wildman–Crippen LogP) is 5.75. The van der Waals surface area contributed by atoms with E-state index in [1.54, 1.807) is 11.3 Å². The number of ether oxygens (including phenoxy) is 1. The number of thiophene rings is 1. The van der Waals surface area contributed by atoms with E-state index in [9.17, 15) is 0 Å². The largest absolute Gasteiger partial charge is 0.488 e. The average Bonchev–Trinajstić information content (AvgIpc) is 2.74. The number of benzene rings is 1. The van der Waals surface area contributed by atoms with E-state index in [0.29, 0.717) is 6.61 Å². The van der Waals surface area contributed by atoms with Gasteiger partial charge in [-0.05, 0) is 45.8 Å².